The van der Waals surface area contributed by atoms with E-state index in [1.165, 1.54) is 0 Å². The number of rotatable bonds is 0. The molecule has 0 fully saturated rings. The third kappa shape index (κ3) is 1.15. The highest BCUT2D eigenvalue weighted by Crippen LogP contribution is 2.31. The largest absolute Gasteiger partial charge is 0.453 e. The molecule has 1 heterocycles. The van der Waals surface area contributed by atoms with Gasteiger partial charge in [0.25, 0.3) is 0 Å². The summed E-state index contributed by atoms with van der Waals surface area (Å²) in [5, 5.41) is 0. The number of carbonyl (C=O) groups is 1. The minimum atomic E-state index is -0.00407. The molecule has 0 unspecified atom stereocenters. The third-order valence-electron chi connectivity index (χ3n) is 2.00. The normalized spacial score (nSPS) is 14.0. The zero-order chi connectivity index (χ0) is 9.42. The predicted molar refractivity (Wildman–Crippen MR) is 49.8 cm³/mol. The summed E-state index contributed by atoms with van der Waals surface area (Å²) in [6.45, 7) is 3.75. The Morgan fingerprint density at radius 1 is 1.23 bits per heavy atom. The summed E-state index contributed by atoms with van der Waals surface area (Å²) in [5.41, 5.74) is 1.58. The molecule has 0 amide bonds. The fourth-order valence-corrected chi connectivity index (χ4v) is 1.35. The first kappa shape index (κ1) is 8.05. The highest BCUT2D eigenvalue weighted by molar-refractivity contribution is 6.12. The molecule has 2 rings (SSSR count). The van der Waals surface area contributed by atoms with Gasteiger partial charge >= 0.3 is 0 Å². The number of hydrogen-bond donors (Lipinski definition) is 0. The van der Waals surface area contributed by atoms with E-state index in [0.29, 0.717) is 17.1 Å². The van der Waals surface area contributed by atoms with E-state index < -0.39 is 0 Å². The van der Waals surface area contributed by atoms with Crippen molar-refractivity contribution in [3.8, 4) is 5.75 Å². The molecular weight excluding hydrogens is 164 g/mol. The second-order valence-corrected chi connectivity index (χ2v) is 3.26. The van der Waals surface area contributed by atoms with E-state index in [4.69, 9.17) is 4.74 Å². The maximum Gasteiger partial charge on any atom is 0.231 e. The van der Waals surface area contributed by atoms with Crippen molar-refractivity contribution in [1.82, 2.24) is 0 Å². The van der Waals surface area contributed by atoms with Crippen molar-refractivity contribution >= 4 is 5.78 Å². The van der Waals surface area contributed by atoms with Crippen molar-refractivity contribution < 1.29 is 9.53 Å². The second-order valence-electron chi connectivity index (χ2n) is 3.26. The van der Waals surface area contributed by atoms with Gasteiger partial charge in [0.1, 0.15) is 5.75 Å². The van der Waals surface area contributed by atoms with E-state index in [0.717, 1.165) is 5.57 Å². The highest BCUT2D eigenvalue weighted by atomic mass is 16.5. The van der Waals surface area contributed by atoms with Crippen LogP contribution in [-0.2, 0) is 0 Å². The number of carbonyl (C=O) groups excluding carboxylic acids is 1. The van der Waals surface area contributed by atoms with Crippen LogP contribution in [-0.4, -0.2) is 5.78 Å². The molecular formula is C11H10O2. The minimum Gasteiger partial charge on any atom is -0.453 e. The molecule has 0 radical (unpaired) electrons. The quantitative estimate of drug-likeness (QED) is 0.565. The number of fused-ring (bicyclic) bond motifs is 1. The molecule has 0 atom stereocenters. The van der Waals surface area contributed by atoms with Crippen LogP contribution >= 0.6 is 0 Å². The van der Waals surface area contributed by atoms with E-state index in [9.17, 15) is 4.79 Å². The zero-order valence-electron chi connectivity index (χ0n) is 7.63. The molecule has 0 bridgehead atoms. The van der Waals surface area contributed by atoms with Crippen molar-refractivity contribution in [2.45, 2.75) is 13.8 Å². The van der Waals surface area contributed by atoms with Crippen molar-refractivity contribution in [2.75, 3.05) is 0 Å². The van der Waals surface area contributed by atoms with Gasteiger partial charge in [-0.05, 0) is 31.6 Å². The summed E-state index contributed by atoms with van der Waals surface area (Å²) in [7, 11) is 0. The number of Topliss-reactive ketones (excluding diaryl/α,β-unsaturated/α-hetero) is 1. The Labute approximate surface area is 76.8 Å². The van der Waals surface area contributed by atoms with Gasteiger partial charge in [-0.3, -0.25) is 4.79 Å². The number of ketones is 1. The highest BCUT2D eigenvalue weighted by Gasteiger charge is 2.27. The lowest BCUT2D eigenvalue weighted by molar-refractivity contribution is 0.101. The Morgan fingerprint density at radius 2 is 1.92 bits per heavy atom. The number of hydrogen-bond acceptors (Lipinski definition) is 2. The van der Waals surface area contributed by atoms with E-state index in [-0.39, 0.29) is 5.78 Å². The first-order valence-corrected chi connectivity index (χ1v) is 4.19. The molecule has 2 nitrogen and oxygen atoms in total. The molecule has 1 aliphatic heterocycles. The molecule has 0 spiro atoms. The molecule has 0 aliphatic carbocycles. The average molecular weight is 174 g/mol. The summed E-state index contributed by atoms with van der Waals surface area (Å²) in [4.78, 5) is 11.7. The fourth-order valence-electron chi connectivity index (χ4n) is 1.35. The Bertz CT molecular complexity index is 398. The maximum absolute atomic E-state index is 11.7. The molecule has 0 saturated carbocycles. The Kier molecular flexibility index (Phi) is 1.69. The van der Waals surface area contributed by atoms with Gasteiger partial charge in [0.05, 0.1) is 5.56 Å². The van der Waals surface area contributed by atoms with Gasteiger partial charge in [-0.15, -0.1) is 0 Å². The number of allylic oxidation sites excluding steroid dienone is 2. The summed E-state index contributed by atoms with van der Waals surface area (Å²) in [6.07, 6.45) is 0. The van der Waals surface area contributed by atoms with Gasteiger partial charge in [0.2, 0.25) is 5.78 Å². The SMILES string of the molecule is CC(C)=C1Oc2ccccc2C1=O. The molecule has 13 heavy (non-hydrogen) atoms. The maximum atomic E-state index is 11.7. The summed E-state index contributed by atoms with van der Waals surface area (Å²) in [5.74, 6) is 1.14. The van der Waals surface area contributed by atoms with Gasteiger partial charge in [-0.2, -0.15) is 0 Å². The van der Waals surface area contributed by atoms with Crippen molar-refractivity contribution in [1.29, 1.82) is 0 Å². The molecule has 0 N–H and O–H groups in total. The van der Waals surface area contributed by atoms with E-state index in [1.807, 2.05) is 32.0 Å². The minimum absolute atomic E-state index is 0.00407. The van der Waals surface area contributed by atoms with Crippen molar-refractivity contribution in [2.24, 2.45) is 0 Å². The van der Waals surface area contributed by atoms with Crippen LogP contribution in [0.15, 0.2) is 35.6 Å². The first-order chi connectivity index (χ1) is 6.20. The molecule has 1 aliphatic rings. The molecule has 1 aromatic carbocycles. The zero-order valence-corrected chi connectivity index (χ0v) is 7.63. The molecule has 1 aromatic rings. The summed E-state index contributed by atoms with van der Waals surface area (Å²) in [6, 6.07) is 7.30. The van der Waals surface area contributed by atoms with Crippen LogP contribution in [0.25, 0.3) is 0 Å². The fraction of sp³-hybridized carbons (Fsp3) is 0.182. The van der Waals surface area contributed by atoms with Gasteiger partial charge in [0, 0.05) is 0 Å². The van der Waals surface area contributed by atoms with Crippen LogP contribution in [0.1, 0.15) is 24.2 Å². The lowest BCUT2D eigenvalue weighted by Crippen LogP contribution is -2.00. The van der Waals surface area contributed by atoms with Crippen LogP contribution < -0.4 is 4.74 Å². The predicted octanol–water partition coefficient (Wildman–Crippen LogP) is 2.56. The van der Waals surface area contributed by atoms with Crippen molar-refractivity contribution in [3.63, 3.8) is 0 Å². The van der Waals surface area contributed by atoms with Crippen LogP contribution in [0.4, 0.5) is 0 Å². The standard InChI is InChI=1S/C11H10O2/c1-7(2)11-10(12)8-5-3-4-6-9(8)13-11/h3-6H,1-2H3. The number of benzene rings is 1. The topological polar surface area (TPSA) is 26.3 Å². The van der Waals surface area contributed by atoms with E-state index >= 15 is 0 Å². The van der Waals surface area contributed by atoms with E-state index in [2.05, 4.69) is 0 Å². The third-order valence-corrected chi connectivity index (χ3v) is 2.00. The van der Waals surface area contributed by atoms with Crippen LogP contribution in [0.2, 0.25) is 0 Å². The monoisotopic (exact) mass is 174 g/mol. The van der Waals surface area contributed by atoms with Crippen LogP contribution in [0, 0.1) is 0 Å². The number of para-hydroxylation sites is 1. The van der Waals surface area contributed by atoms with Crippen LogP contribution in [0.5, 0.6) is 5.75 Å². The molecule has 0 aromatic heterocycles. The van der Waals surface area contributed by atoms with Crippen molar-refractivity contribution in [3.05, 3.63) is 41.2 Å². The van der Waals surface area contributed by atoms with E-state index in [1.54, 1.807) is 6.07 Å². The second kappa shape index (κ2) is 2.73. The lowest BCUT2D eigenvalue weighted by atomic mass is 10.1. The van der Waals surface area contributed by atoms with Gasteiger partial charge < -0.3 is 4.74 Å². The summed E-state index contributed by atoms with van der Waals surface area (Å²) >= 11 is 0. The van der Waals surface area contributed by atoms with Gasteiger partial charge in [0.15, 0.2) is 5.76 Å². The molecule has 2 heteroatoms. The molecule has 66 valence electrons. The molecule has 0 saturated heterocycles. The van der Waals surface area contributed by atoms with Gasteiger partial charge in [-0.25, -0.2) is 0 Å². The van der Waals surface area contributed by atoms with Gasteiger partial charge in [-0.1, -0.05) is 12.1 Å². The smallest absolute Gasteiger partial charge is 0.231 e. The first-order valence-electron chi connectivity index (χ1n) is 4.19. The average Bonchev–Trinajstić information content (AvgIpc) is 2.45. The Hall–Kier alpha value is -1.57. The van der Waals surface area contributed by atoms with Crippen LogP contribution in [0.3, 0.4) is 0 Å². The Balaban J connectivity index is 2.57. The summed E-state index contributed by atoms with van der Waals surface area (Å²) < 4.78 is 5.41. The Morgan fingerprint density at radius 3 is 2.54 bits per heavy atom. The number of ether oxygens (including phenoxy) is 1. The lowest BCUT2D eigenvalue weighted by Gasteiger charge is -1.98.